The molecule has 210 valence electrons. The van der Waals surface area contributed by atoms with Gasteiger partial charge in [-0.2, -0.15) is 0 Å². The van der Waals surface area contributed by atoms with Crippen LogP contribution in [0.4, 0.5) is 16.4 Å². The number of anilines is 2. The van der Waals surface area contributed by atoms with E-state index in [4.69, 9.17) is 14.2 Å². The fourth-order valence-electron chi connectivity index (χ4n) is 4.76. The van der Waals surface area contributed by atoms with E-state index in [0.29, 0.717) is 17.7 Å². The average molecular weight is 561 g/mol. The molecule has 0 aliphatic carbocycles. The fourth-order valence-corrected chi connectivity index (χ4v) is 4.76. The first-order valence-electron chi connectivity index (χ1n) is 12.7. The molecular formula is C26H24N8O7. The Morgan fingerprint density at radius 3 is 2.51 bits per heavy atom. The van der Waals surface area contributed by atoms with Crippen LogP contribution in [0.2, 0.25) is 0 Å². The minimum atomic E-state index is -1.25. The SMILES string of the molecule is CCNC(=O)Nc1ncnc2c1ncn2C1OC(C(=O)Nc2ncccc2C(=O)O)C2O[C@H](c3ccccc3)OC21. The van der Waals surface area contributed by atoms with E-state index in [2.05, 4.69) is 35.9 Å². The third kappa shape index (κ3) is 4.93. The van der Waals surface area contributed by atoms with Crippen LogP contribution >= 0.6 is 0 Å². The van der Waals surface area contributed by atoms with Gasteiger partial charge in [0.25, 0.3) is 5.91 Å². The number of rotatable bonds is 7. The van der Waals surface area contributed by atoms with E-state index in [-0.39, 0.29) is 17.2 Å². The zero-order valence-electron chi connectivity index (χ0n) is 21.5. The second-order valence-corrected chi connectivity index (χ2v) is 9.12. The number of benzene rings is 1. The van der Waals surface area contributed by atoms with Crippen LogP contribution in [0.25, 0.3) is 11.2 Å². The van der Waals surface area contributed by atoms with Gasteiger partial charge in [0.1, 0.15) is 29.9 Å². The minimum absolute atomic E-state index is 0.131. The third-order valence-electron chi connectivity index (χ3n) is 6.56. The molecule has 4 aromatic rings. The Balaban J connectivity index is 1.33. The highest BCUT2D eigenvalue weighted by Crippen LogP contribution is 2.45. The zero-order valence-corrected chi connectivity index (χ0v) is 21.5. The van der Waals surface area contributed by atoms with Gasteiger partial charge in [0.05, 0.1) is 6.33 Å². The van der Waals surface area contributed by atoms with E-state index in [1.54, 1.807) is 11.5 Å². The third-order valence-corrected chi connectivity index (χ3v) is 6.56. The molecule has 3 amide bonds. The van der Waals surface area contributed by atoms with E-state index in [1.165, 1.54) is 31.0 Å². The van der Waals surface area contributed by atoms with Crippen LogP contribution in [0.5, 0.6) is 0 Å². The van der Waals surface area contributed by atoms with Crippen molar-refractivity contribution in [3.8, 4) is 0 Å². The number of imidazole rings is 1. The van der Waals surface area contributed by atoms with Crippen molar-refractivity contribution < 1.29 is 33.7 Å². The van der Waals surface area contributed by atoms with Gasteiger partial charge >= 0.3 is 12.0 Å². The summed E-state index contributed by atoms with van der Waals surface area (Å²) in [6.07, 6.45) is -0.514. The molecule has 41 heavy (non-hydrogen) atoms. The highest BCUT2D eigenvalue weighted by molar-refractivity contribution is 6.01. The summed E-state index contributed by atoms with van der Waals surface area (Å²) in [5, 5.41) is 17.3. The molecule has 4 N–H and O–H groups in total. The average Bonchev–Trinajstić information content (AvgIpc) is 3.68. The van der Waals surface area contributed by atoms with Gasteiger partial charge in [0.2, 0.25) is 0 Å². The van der Waals surface area contributed by atoms with Gasteiger partial charge in [-0.1, -0.05) is 30.3 Å². The van der Waals surface area contributed by atoms with E-state index < -0.39 is 48.7 Å². The van der Waals surface area contributed by atoms with Crippen molar-refractivity contribution in [3.63, 3.8) is 0 Å². The molecule has 2 aliphatic heterocycles. The molecule has 6 rings (SSSR count). The molecule has 4 unspecified atom stereocenters. The summed E-state index contributed by atoms with van der Waals surface area (Å²) in [4.78, 5) is 54.1. The predicted molar refractivity (Wildman–Crippen MR) is 141 cm³/mol. The smallest absolute Gasteiger partial charge is 0.339 e. The molecule has 15 nitrogen and oxygen atoms in total. The van der Waals surface area contributed by atoms with Crippen LogP contribution in [0.3, 0.4) is 0 Å². The Labute approximate surface area is 231 Å². The van der Waals surface area contributed by atoms with Gasteiger partial charge in [0.15, 0.2) is 35.6 Å². The quantitative estimate of drug-likeness (QED) is 0.259. The summed E-state index contributed by atoms with van der Waals surface area (Å²) in [5.74, 6) is -1.86. The summed E-state index contributed by atoms with van der Waals surface area (Å²) >= 11 is 0. The number of hydrogen-bond donors (Lipinski definition) is 4. The van der Waals surface area contributed by atoms with Crippen molar-refractivity contribution in [2.24, 2.45) is 0 Å². The first-order chi connectivity index (χ1) is 19.9. The number of urea groups is 1. The maximum Gasteiger partial charge on any atom is 0.339 e. The molecule has 2 saturated heterocycles. The Morgan fingerprint density at radius 2 is 1.73 bits per heavy atom. The normalized spacial score (nSPS) is 23.2. The van der Waals surface area contributed by atoms with Crippen molar-refractivity contribution in [1.82, 2.24) is 29.8 Å². The van der Waals surface area contributed by atoms with Gasteiger partial charge in [-0.3, -0.25) is 14.7 Å². The maximum atomic E-state index is 13.5. The van der Waals surface area contributed by atoms with Crippen molar-refractivity contribution in [2.45, 2.75) is 37.8 Å². The molecular weight excluding hydrogens is 536 g/mol. The fraction of sp³-hybridized carbons (Fsp3) is 0.269. The second kappa shape index (κ2) is 10.9. The summed E-state index contributed by atoms with van der Waals surface area (Å²) in [7, 11) is 0. The van der Waals surface area contributed by atoms with Crippen molar-refractivity contribution >= 4 is 40.7 Å². The molecule has 0 radical (unpaired) electrons. The molecule has 0 bridgehead atoms. The van der Waals surface area contributed by atoms with Gasteiger partial charge in [-0.15, -0.1) is 0 Å². The number of aromatic carboxylic acids is 1. The highest BCUT2D eigenvalue weighted by Gasteiger charge is 2.56. The molecule has 15 heteroatoms. The van der Waals surface area contributed by atoms with Crippen LogP contribution < -0.4 is 16.0 Å². The monoisotopic (exact) mass is 560 g/mol. The molecule has 0 spiro atoms. The lowest BCUT2D eigenvalue weighted by Gasteiger charge is -2.21. The van der Waals surface area contributed by atoms with Crippen molar-refractivity contribution in [1.29, 1.82) is 0 Å². The molecule has 5 atom stereocenters. The summed E-state index contributed by atoms with van der Waals surface area (Å²) < 4.78 is 20.2. The number of ether oxygens (including phenoxy) is 3. The first kappa shape index (κ1) is 26.2. The maximum absolute atomic E-state index is 13.5. The van der Waals surface area contributed by atoms with Crippen LogP contribution in [0.15, 0.2) is 61.3 Å². The molecule has 2 aliphatic rings. The number of carboxylic acids is 1. The lowest BCUT2D eigenvalue weighted by molar-refractivity contribution is -0.158. The van der Waals surface area contributed by atoms with Gasteiger partial charge < -0.3 is 30.0 Å². The highest BCUT2D eigenvalue weighted by atomic mass is 16.8. The number of nitrogens with one attached hydrogen (secondary N) is 3. The van der Waals surface area contributed by atoms with Crippen LogP contribution in [0, 0.1) is 0 Å². The Bertz CT molecular complexity index is 1610. The molecule has 2 fully saturated rings. The van der Waals surface area contributed by atoms with Crippen molar-refractivity contribution in [3.05, 3.63) is 72.4 Å². The van der Waals surface area contributed by atoms with Gasteiger partial charge in [-0.05, 0) is 19.1 Å². The van der Waals surface area contributed by atoms with Crippen LogP contribution in [-0.4, -0.2) is 72.4 Å². The number of fused-ring (bicyclic) bond motifs is 2. The predicted octanol–water partition coefficient (Wildman–Crippen LogP) is 2.08. The van der Waals surface area contributed by atoms with E-state index >= 15 is 0 Å². The molecule has 0 saturated carbocycles. The first-order valence-corrected chi connectivity index (χ1v) is 12.7. The van der Waals surface area contributed by atoms with E-state index in [0.717, 1.165) is 5.56 Å². The lowest BCUT2D eigenvalue weighted by Crippen LogP contribution is -2.38. The number of amides is 3. The van der Waals surface area contributed by atoms with Crippen molar-refractivity contribution in [2.75, 3.05) is 17.2 Å². The number of carboxylic acid groups (broad SMARTS) is 1. The Morgan fingerprint density at radius 1 is 0.927 bits per heavy atom. The van der Waals surface area contributed by atoms with Crippen LogP contribution in [-0.2, 0) is 19.0 Å². The summed E-state index contributed by atoms with van der Waals surface area (Å²) in [6.45, 7) is 2.20. The molecule has 3 aromatic heterocycles. The number of pyridine rings is 1. The van der Waals surface area contributed by atoms with Crippen LogP contribution in [0.1, 0.15) is 35.4 Å². The van der Waals surface area contributed by atoms with E-state index in [1.807, 2.05) is 30.3 Å². The van der Waals surface area contributed by atoms with Gasteiger partial charge in [0, 0.05) is 18.3 Å². The standard InChI is InChI=1S/C26H24N8O7/c1-2-27-26(38)33-20-15-21(30-11-29-20)34(12-31-15)23-18-16(40-25(41-18)13-7-4-3-5-8-13)17(39-23)22(35)32-19-14(24(36)37)9-6-10-28-19/h3-12,16-18,23,25H,2H2,1H3,(H,36,37)(H,28,32,35)(H2,27,29,30,33,38)/t16?,17?,18?,23?,25-/m0/s1. The Kier molecular flexibility index (Phi) is 6.96. The van der Waals surface area contributed by atoms with E-state index in [9.17, 15) is 19.5 Å². The Hall–Kier alpha value is -4.99. The zero-order chi connectivity index (χ0) is 28.5. The minimum Gasteiger partial charge on any atom is -0.478 e. The van der Waals surface area contributed by atoms with Gasteiger partial charge in [-0.25, -0.2) is 29.5 Å². The number of hydrogen-bond acceptors (Lipinski definition) is 10. The number of aromatic nitrogens is 5. The second-order valence-electron chi connectivity index (χ2n) is 9.12. The lowest BCUT2D eigenvalue weighted by atomic mass is 10.1. The number of carbonyl (C=O) groups is 3. The number of nitrogens with zero attached hydrogens (tertiary/aromatic N) is 5. The summed E-state index contributed by atoms with van der Waals surface area (Å²) in [5.41, 5.74) is 1.18. The topological polar surface area (TPSA) is 192 Å². The summed E-state index contributed by atoms with van der Waals surface area (Å²) in [6, 6.07) is 11.5. The largest absolute Gasteiger partial charge is 0.478 e. The molecule has 5 heterocycles. The number of carbonyl (C=O) groups excluding carboxylic acids is 2. The molecule has 1 aromatic carbocycles.